The Bertz CT molecular complexity index is 1610. The maximum atomic E-state index is 13.1. The van der Waals surface area contributed by atoms with Crippen LogP contribution in [0.4, 0.5) is 0 Å². The van der Waals surface area contributed by atoms with E-state index in [1.165, 1.54) is 24.3 Å². The van der Waals surface area contributed by atoms with Gasteiger partial charge in [0.1, 0.15) is 0 Å². The van der Waals surface area contributed by atoms with Gasteiger partial charge in [-0.15, -0.1) is 0 Å². The highest BCUT2D eigenvalue weighted by Gasteiger charge is 2.28. The number of allylic oxidation sites excluding steroid dienone is 3. The Labute approximate surface area is 201 Å². The van der Waals surface area contributed by atoms with Crippen molar-refractivity contribution in [3.63, 3.8) is 0 Å². The number of ketones is 2. The molecule has 3 aromatic carbocycles. The number of sulfonamides is 1. The lowest BCUT2D eigenvalue weighted by Gasteiger charge is -2.16. The Hall–Kier alpha value is -4.43. The van der Waals surface area contributed by atoms with Crippen LogP contribution in [0.15, 0.2) is 105 Å². The van der Waals surface area contributed by atoms with Crippen molar-refractivity contribution in [2.75, 3.05) is 0 Å². The molecular formula is C27H18N2O5S. The smallest absolute Gasteiger partial charge is 0.282 e. The van der Waals surface area contributed by atoms with Crippen molar-refractivity contribution in [1.29, 1.82) is 0 Å². The minimum absolute atomic E-state index is 0.0253. The highest BCUT2D eigenvalue weighted by atomic mass is 32.2. The third kappa shape index (κ3) is 4.27. The zero-order valence-electron chi connectivity index (χ0n) is 18.5. The van der Waals surface area contributed by atoms with E-state index in [1.54, 1.807) is 54.6 Å². The standard InChI is InChI=1S/C27H18N2O5S/c1-17-10-13-19(14-11-17)35(32,33)29-23-16-25(27(31)22-9-5-4-8-21(22)23)34-28-26-20-7-3-2-6-18(20)12-15-24(26)30/h2-16H,1H3/b28-26-,29-23?. The van der Waals surface area contributed by atoms with Crippen LogP contribution in [0.1, 0.15) is 32.6 Å². The van der Waals surface area contributed by atoms with Crippen molar-refractivity contribution < 1.29 is 22.8 Å². The van der Waals surface area contributed by atoms with Crippen LogP contribution in [0, 0.1) is 6.92 Å². The Morgan fingerprint density at radius 1 is 0.771 bits per heavy atom. The first-order chi connectivity index (χ1) is 16.8. The number of hydrogen-bond donors (Lipinski definition) is 0. The maximum Gasteiger partial charge on any atom is 0.282 e. The molecule has 0 unspecified atom stereocenters. The summed E-state index contributed by atoms with van der Waals surface area (Å²) in [6.45, 7) is 1.85. The number of hydrogen-bond acceptors (Lipinski definition) is 6. The molecule has 8 heteroatoms. The average Bonchev–Trinajstić information content (AvgIpc) is 2.86. The highest BCUT2D eigenvalue weighted by Crippen LogP contribution is 2.26. The van der Waals surface area contributed by atoms with Gasteiger partial charge in [0.25, 0.3) is 10.0 Å². The molecule has 0 atom stereocenters. The van der Waals surface area contributed by atoms with Crippen molar-refractivity contribution in [3.8, 4) is 0 Å². The van der Waals surface area contributed by atoms with E-state index in [4.69, 9.17) is 4.84 Å². The van der Waals surface area contributed by atoms with Crippen LogP contribution < -0.4 is 0 Å². The van der Waals surface area contributed by atoms with Crippen LogP contribution in [0.25, 0.3) is 6.08 Å². The van der Waals surface area contributed by atoms with Gasteiger partial charge >= 0.3 is 0 Å². The van der Waals surface area contributed by atoms with Crippen molar-refractivity contribution >= 4 is 39.1 Å². The van der Waals surface area contributed by atoms with Gasteiger partial charge in [-0.25, -0.2) is 0 Å². The second kappa shape index (κ2) is 8.73. The zero-order valence-corrected chi connectivity index (χ0v) is 19.3. The van der Waals surface area contributed by atoms with Crippen LogP contribution >= 0.6 is 0 Å². The summed E-state index contributed by atoms with van der Waals surface area (Å²) in [6.07, 6.45) is 4.28. The third-order valence-electron chi connectivity index (χ3n) is 5.58. The van der Waals surface area contributed by atoms with E-state index in [1.807, 2.05) is 19.1 Å². The normalized spacial score (nSPS) is 17.2. The van der Waals surface area contributed by atoms with E-state index < -0.39 is 15.8 Å². The molecule has 0 amide bonds. The highest BCUT2D eigenvalue weighted by molar-refractivity contribution is 7.90. The summed E-state index contributed by atoms with van der Waals surface area (Å²) in [4.78, 5) is 31.0. The molecule has 0 aromatic heterocycles. The average molecular weight is 483 g/mol. The maximum absolute atomic E-state index is 13.1. The van der Waals surface area contributed by atoms with Gasteiger partial charge < -0.3 is 4.84 Å². The second-order valence-electron chi connectivity index (χ2n) is 7.96. The number of nitrogens with zero attached hydrogens (tertiary/aromatic N) is 2. The number of carbonyl (C=O) groups is 2. The molecule has 0 radical (unpaired) electrons. The van der Waals surface area contributed by atoms with E-state index in [9.17, 15) is 18.0 Å². The molecule has 0 heterocycles. The largest absolute Gasteiger partial charge is 0.352 e. The minimum atomic E-state index is -4.07. The van der Waals surface area contributed by atoms with E-state index in [0.717, 1.165) is 11.1 Å². The number of fused-ring (bicyclic) bond motifs is 2. The number of rotatable bonds is 4. The minimum Gasteiger partial charge on any atom is -0.352 e. The van der Waals surface area contributed by atoms with Crippen LogP contribution in [0.3, 0.4) is 0 Å². The number of benzene rings is 3. The molecule has 7 nitrogen and oxygen atoms in total. The molecule has 172 valence electrons. The van der Waals surface area contributed by atoms with Crippen molar-refractivity contribution in [2.24, 2.45) is 9.55 Å². The SMILES string of the molecule is Cc1ccc(S(=O)(=O)N=C2C=C(O/N=C3\C(=O)C=Cc4ccccc43)C(=O)c3ccccc32)cc1. The van der Waals surface area contributed by atoms with Gasteiger partial charge in [0.05, 0.1) is 10.6 Å². The summed E-state index contributed by atoms with van der Waals surface area (Å²) in [6, 6.07) is 20.0. The van der Waals surface area contributed by atoms with Crippen LogP contribution in [-0.2, 0) is 19.7 Å². The Kier molecular flexibility index (Phi) is 5.58. The van der Waals surface area contributed by atoms with Gasteiger partial charge in [0, 0.05) is 22.8 Å². The van der Waals surface area contributed by atoms with Gasteiger partial charge in [0.15, 0.2) is 5.71 Å². The molecule has 2 aliphatic rings. The van der Waals surface area contributed by atoms with Crippen LogP contribution in [-0.4, -0.2) is 31.4 Å². The van der Waals surface area contributed by atoms with Crippen LogP contribution in [0.2, 0.25) is 0 Å². The molecule has 0 N–H and O–H groups in total. The van der Waals surface area contributed by atoms with Crippen LogP contribution in [0.5, 0.6) is 0 Å². The molecular weight excluding hydrogens is 464 g/mol. The van der Waals surface area contributed by atoms with Gasteiger partial charge in [0.2, 0.25) is 17.3 Å². The molecule has 0 saturated heterocycles. The van der Waals surface area contributed by atoms with Gasteiger partial charge in [-0.3, -0.25) is 9.59 Å². The molecule has 0 bridgehead atoms. The van der Waals surface area contributed by atoms with E-state index in [2.05, 4.69) is 9.55 Å². The third-order valence-corrected chi connectivity index (χ3v) is 6.88. The summed E-state index contributed by atoms with van der Waals surface area (Å²) < 4.78 is 29.9. The van der Waals surface area contributed by atoms with Gasteiger partial charge in [-0.1, -0.05) is 77.5 Å². The lowest BCUT2D eigenvalue weighted by molar-refractivity contribution is -0.109. The van der Waals surface area contributed by atoms with Crippen molar-refractivity contribution in [1.82, 2.24) is 0 Å². The summed E-state index contributed by atoms with van der Waals surface area (Å²) >= 11 is 0. The van der Waals surface area contributed by atoms with Gasteiger partial charge in [-0.2, -0.15) is 12.8 Å². The monoisotopic (exact) mass is 482 g/mol. The Morgan fingerprint density at radius 2 is 1.43 bits per heavy atom. The lowest BCUT2D eigenvalue weighted by atomic mass is 9.93. The van der Waals surface area contributed by atoms with Gasteiger partial charge in [-0.05, 0) is 30.7 Å². The summed E-state index contributed by atoms with van der Waals surface area (Å²) in [5, 5.41) is 3.97. The Balaban J connectivity index is 1.57. The fourth-order valence-corrected chi connectivity index (χ4v) is 4.76. The fourth-order valence-electron chi connectivity index (χ4n) is 3.76. The summed E-state index contributed by atoms with van der Waals surface area (Å²) in [7, 11) is -4.07. The number of oxime groups is 1. The summed E-state index contributed by atoms with van der Waals surface area (Å²) in [5.74, 6) is -1.11. The zero-order chi connectivity index (χ0) is 24.6. The molecule has 2 aliphatic carbocycles. The predicted octanol–water partition coefficient (Wildman–Crippen LogP) is 4.27. The molecule has 35 heavy (non-hydrogen) atoms. The lowest BCUT2D eigenvalue weighted by Crippen LogP contribution is -2.21. The summed E-state index contributed by atoms with van der Waals surface area (Å²) in [5.41, 5.74) is 2.92. The molecule has 0 saturated carbocycles. The number of aryl methyl sites for hydroxylation is 1. The first kappa shape index (κ1) is 22.4. The molecule has 0 aliphatic heterocycles. The fraction of sp³-hybridized carbons (Fsp3) is 0.0370. The quantitative estimate of drug-likeness (QED) is 0.517. The molecule has 3 aromatic rings. The first-order valence-electron chi connectivity index (χ1n) is 10.7. The topological polar surface area (TPSA) is 102 Å². The van der Waals surface area contributed by atoms with E-state index in [0.29, 0.717) is 11.1 Å². The number of carbonyl (C=O) groups excluding carboxylic acids is 2. The van der Waals surface area contributed by atoms with Crippen molar-refractivity contribution in [2.45, 2.75) is 11.8 Å². The van der Waals surface area contributed by atoms with Crippen molar-refractivity contribution in [3.05, 3.63) is 119 Å². The number of Topliss-reactive ketones (excluding diaryl/α,β-unsaturated/α-hetero) is 1. The first-order valence-corrected chi connectivity index (χ1v) is 12.1. The molecule has 0 spiro atoms. The van der Waals surface area contributed by atoms with E-state index in [-0.39, 0.29) is 33.4 Å². The Morgan fingerprint density at radius 3 is 2.17 bits per heavy atom. The predicted molar refractivity (Wildman–Crippen MR) is 132 cm³/mol. The molecule has 5 rings (SSSR count). The molecule has 0 fully saturated rings. The van der Waals surface area contributed by atoms with E-state index >= 15 is 0 Å². The second-order valence-corrected chi connectivity index (χ2v) is 9.57.